The molecule has 1 atom stereocenters. The predicted octanol–water partition coefficient (Wildman–Crippen LogP) is 2.07. The van der Waals surface area contributed by atoms with Crippen LogP contribution in [0.4, 0.5) is 4.39 Å². The summed E-state index contributed by atoms with van der Waals surface area (Å²) in [6.45, 7) is 1.92. The fourth-order valence-electron chi connectivity index (χ4n) is 0.960. The number of halogens is 1. The van der Waals surface area contributed by atoms with Crippen LogP contribution in [0.2, 0.25) is 0 Å². The van der Waals surface area contributed by atoms with Crippen molar-refractivity contribution in [2.24, 2.45) is 0 Å². The molecular formula is C10H10FN. The van der Waals surface area contributed by atoms with E-state index in [2.05, 4.69) is 11.4 Å². The lowest BCUT2D eigenvalue weighted by Crippen LogP contribution is -2.11. The van der Waals surface area contributed by atoms with Crippen molar-refractivity contribution >= 4 is 0 Å². The topological polar surface area (TPSA) is 12.0 Å². The number of hydrogen-bond acceptors (Lipinski definition) is 1. The van der Waals surface area contributed by atoms with E-state index in [1.165, 1.54) is 12.1 Å². The molecule has 0 aromatic heterocycles. The molecule has 0 aliphatic rings. The van der Waals surface area contributed by atoms with E-state index in [-0.39, 0.29) is 11.9 Å². The maximum absolute atomic E-state index is 12.5. The molecule has 1 rings (SSSR count). The van der Waals surface area contributed by atoms with Gasteiger partial charge in [0.2, 0.25) is 0 Å². The van der Waals surface area contributed by atoms with Crippen molar-refractivity contribution in [2.75, 3.05) is 0 Å². The highest BCUT2D eigenvalue weighted by Gasteiger charge is 2.01. The minimum absolute atomic E-state index is 0.0654. The Hall–Kier alpha value is -1.49. The van der Waals surface area contributed by atoms with Crippen molar-refractivity contribution in [3.8, 4) is 12.5 Å². The van der Waals surface area contributed by atoms with Gasteiger partial charge in [0.15, 0.2) is 0 Å². The molecule has 0 spiro atoms. The summed E-state index contributed by atoms with van der Waals surface area (Å²) >= 11 is 0. The Morgan fingerprint density at radius 1 is 1.42 bits per heavy atom. The van der Waals surface area contributed by atoms with E-state index in [4.69, 9.17) is 6.42 Å². The van der Waals surface area contributed by atoms with E-state index in [0.717, 1.165) is 5.56 Å². The van der Waals surface area contributed by atoms with Gasteiger partial charge in [0, 0.05) is 6.04 Å². The smallest absolute Gasteiger partial charge is 0.123 e. The molecule has 0 heterocycles. The third-order valence-electron chi connectivity index (χ3n) is 1.67. The molecule has 1 N–H and O–H groups in total. The van der Waals surface area contributed by atoms with Crippen molar-refractivity contribution in [1.29, 1.82) is 0 Å². The van der Waals surface area contributed by atoms with Crippen LogP contribution in [0.1, 0.15) is 18.5 Å². The van der Waals surface area contributed by atoms with E-state index in [1.54, 1.807) is 12.1 Å². The lowest BCUT2D eigenvalue weighted by atomic mass is 10.1. The Labute approximate surface area is 71.6 Å². The van der Waals surface area contributed by atoms with E-state index < -0.39 is 0 Å². The van der Waals surface area contributed by atoms with Gasteiger partial charge >= 0.3 is 0 Å². The standard InChI is InChI=1S/C10H10FN/c1-3-12-8(2)9-4-6-10(11)7-5-9/h1,4-8,12H,2H3/t8-/m1/s1. The fourth-order valence-corrected chi connectivity index (χ4v) is 0.960. The van der Waals surface area contributed by atoms with Gasteiger partial charge in [0.05, 0.1) is 6.04 Å². The Morgan fingerprint density at radius 3 is 2.50 bits per heavy atom. The number of benzene rings is 1. The Balaban J connectivity index is 2.76. The van der Waals surface area contributed by atoms with E-state index >= 15 is 0 Å². The minimum atomic E-state index is -0.230. The molecule has 1 nitrogen and oxygen atoms in total. The Kier molecular flexibility index (Phi) is 2.71. The summed E-state index contributed by atoms with van der Waals surface area (Å²) < 4.78 is 12.5. The molecule has 62 valence electrons. The molecule has 0 fully saturated rings. The third-order valence-corrected chi connectivity index (χ3v) is 1.67. The van der Waals surface area contributed by atoms with Crippen molar-refractivity contribution in [2.45, 2.75) is 13.0 Å². The van der Waals surface area contributed by atoms with Gasteiger partial charge < -0.3 is 5.32 Å². The molecule has 12 heavy (non-hydrogen) atoms. The maximum atomic E-state index is 12.5. The Bertz CT molecular complexity index is 284. The SMILES string of the molecule is C#CN[C@H](C)c1ccc(F)cc1. The van der Waals surface area contributed by atoms with E-state index in [0.29, 0.717) is 0 Å². The minimum Gasteiger partial charge on any atom is -0.339 e. The molecule has 0 amide bonds. The van der Waals surface area contributed by atoms with Gasteiger partial charge in [-0.1, -0.05) is 18.6 Å². The summed E-state index contributed by atoms with van der Waals surface area (Å²) in [6.07, 6.45) is 5.06. The zero-order valence-electron chi connectivity index (χ0n) is 6.84. The summed E-state index contributed by atoms with van der Waals surface area (Å²) in [5, 5.41) is 2.79. The first-order valence-corrected chi connectivity index (χ1v) is 3.70. The average molecular weight is 163 g/mol. The molecule has 0 bridgehead atoms. The van der Waals surface area contributed by atoms with Crippen molar-refractivity contribution in [3.05, 3.63) is 35.6 Å². The first kappa shape index (κ1) is 8.61. The summed E-state index contributed by atoms with van der Waals surface area (Å²) in [7, 11) is 0. The first-order valence-electron chi connectivity index (χ1n) is 3.70. The second kappa shape index (κ2) is 3.77. The van der Waals surface area contributed by atoms with Crippen molar-refractivity contribution < 1.29 is 4.39 Å². The van der Waals surface area contributed by atoms with Gasteiger partial charge in [-0.05, 0) is 24.6 Å². The molecule has 0 aliphatic heterocycles. The lowest BCUT2D eigenvalue weighted by molar-refractivity contribution is 0.624. The Morgan fingerprint density at radius 2 is 2.00 bits per heavy atom. The van der Waals surface area contributed by atoms with Crippen LogP contribution in [0.15, 0.2) is 24.3 Å². The summed E-state index contributed by atoms with van der Waals surface area (Å²) in [5.41, 5.74) is 0.981. The number of nitrogens with one attached hydrogen (secondary N) is 1. The van der Waals surface area contributed by atoms with Gasteiger partial charge in [-0.2, -0.15) is 0 Å². The van der Waals surface area contributed by atoms with Crippen molar-refractivity contribution in [1.82, 2.24) is 5.32 Å². The van der Waals surface area contributed by atoms with Crippen LogP contribution in [-0.4, -0.2) is 0 Å². The van der Waals surface area contributed by atoms with E-state index in [9.17, 15) is 4.39 Å². The van der Waals surface area contributed by atoms with Crippen LogP contribution in [0, 0.1) is 18.3 Å². The van der Waals surface area contributed by atoms with Crippen LogP contribution in [0.25, 0.3) is 0 Å². The highest BCUT2D eigenvalue weighted by atomic mass is 19.1. The summed E-state index contributed by atoms with van der Waals surface area (Å²) in [5.74, 6) is -0.230. The molecule has 0 unspecified atom stereocenters. The van der Waals surface area contributed by atoms with Crippen LogP contribution in [0.5, 0.6) is 0 Å². The maximum Gasteiger partial charge on any atom is 0.123 e. The first-order chi connectivity index (χ1) is 5.74. The third kappa shape index (κ3) is 2.00. The van der Waals surface area contributed by atoms with Crippen LogP contribution >= 0.6 is 0 Å². The average Bonchev–Trinajstić information content (AvgIpc) is 2.06. The number of rotatable bonds is 2. The molecule has 0 saturated heterocycles. The lowest BCUT2D eigenvalue weighted by Gasteiger charge is -2.09. The van der Waals surface area contributed by atoms with Crippen LogP contribution in [0.3, 0.4) is 0 Å². The fraction of sp³-hybridized carbons (Fsp3) is 0.200. The second-order valence-electron chi connectivity index (χ2n) is 2.56. The number of terminal acetylenes is 1. The molecule has 2 heteroatoms. The molecular weight excluding hydrogens is 153 g/mol. The predicted molar refractivity (Wildman–Crippen MR) is 46.8 cm³/mol. The summed E-state index contributed by atoms with van der Waals surface area (Å²) in [6, 6.07) is 8.67. The molecule has 0 saturated carbocycles. The summed E-state index contributed by atoms with van der Waals surface area (Å²) in [4.78, 5) is 0. The van der Waals surface area contributed by atoms with Crippen LogP contribution in [-0.2, 0) is 0 Å². The zero-order chi connectivity index (χ0) is 8.97. The van der Waals surface area contributed by atoms with Gasteiger partial charge in [-0.15, -0.1) is 0 Å². The zero-order valence-corrected chi connectivity index (χ0v) is 6.84. The van der Waals surface area contributed by atoms with Gasteiger partial charge in [0.1, 0.15) is 5.82 Å². The second-order valence-corrected chi connectivity index (χ2v) is 2.56. The van der Waals surface area contributed by atoms with Gasteiger partial charge in [-0.3, -0.25) is 0 Å². The quantitative estimate of drug-likeness (QED) is 0.520. The van der Waals surface area contributed by atoms with E-state index in [1.807, 2.05) is 6.92 Å². The monoisotopic (exact) mass is 163 g/mol. The highest BCUT2D eigenvalue weighted by Crippen LogP contribution is 2.11. The molecule has 1 aromatic carbocycles. The normalized spacial score (nSPS) is 11.8. The molecule has 0 aliphatic carbocycles. The van der Waals surface area contributed by atoms with Gasteiger partial charge in [0.25, 0.3) is 0 Å². The highest BCUT2D eigenvalue weighted by molar-refractivity contribution is 5.19. The van der Waals surface area contributed by atoms with Crippen molar-refractivity contribution in [3.63, 3.8) is 0 Å². The molecule has 0 radical (unpaired) electrons. The molecule has 1 aromatic rings. The van der Waals surface area contributed by atoms with Gasteiger partial charge in [-0.25, -0.2) is 4.39 Å². The number of hydrogen-bond donors (Lipinski definition) is 1. The largest absolute Gasteiger partial charge is 0.339 e. The van der Waals surface area contributed by atoms with Crippen LogP contribution < -0.4 is 5.32 Å².